The molecule has 12 heteroatoms. The number of ether oxygens (including phenoxy) is 1. The fourth-order valence-corrected chi connectivity index (χ4v) is 4.77. The second kappa shape index (κ2) is 11.4. The van der Waals surface area contributed by atoms with Crippen molar-refractivity contribution in [2.75, 3.05) is 40.3 Å². The Morgan fingerprint density at radius 1 is 1.09 bits per heavy atom. The van der Waals surface area contributed by atoms with Crippen molar-refractivity contribution < 1.29 is 26.7 Å². The molecule has 1 amide bonds. The first-order valence-electron chi connectivity index (χ1n) is 10.8. The van der Waals surface area contributed by atoms with Crippen LogP contribution >= 0.6 is 0 Å². The van der Waals surface area contributed by atoms with Gasteiger partial charge in [0.25, 0.3) is 5.91 Å². The third-order valence-corrected chi connectivity index (χ3v) is 7.10. The molecular weight excluding hydrogens is 480 g/mol. The zero-order chi connectivity index (χ0) is 25.6. The Balaban J connectivity index is 1.77. The number of aliphatic imine (C=N–C) groups is 1. The number of amides is 1. The summed E-state index contributed by atoms with van der Waals surface area (Å²) in [6.45, 7) is 3.34. The van der Waals surface area contributed by atoms with Crippen molar-refractivity contribution in [3.63, 3.8) is 0 Å². The van der Waals surface area contributed by atoms with Gasteiger partial charge in [0, 0.05) is 45.8 Å². The predicted octanol–water partition coefficient (Wildman–Crippen LogP) is 2.08. The molecule has 9 nitrogen and oxygen atoms in total. The number of hydrogen-bond donors (Lipinski definition) is 3. The SMILES string of the molecule is CNC(=NC(=O)/C(C)=C/c1cc(F)c(Oc2ccc(S(=O)(=O)N3CCNCC3)cc2)c(F)c1)NC. The molecule has 1 aliphatic rings. The number of carbonyl (C=O) groups excluding carboxylic acids is 1. The number of halogens is 2. The van der Waals surface area contributed by atoms with E-state index in [4.69, 9.17) is 4.74 Å². The largest absolute Gasteiger partial charge is 0.451 e. The molecule has 1 heterocycles. The van der Waals surface area contributed by atoms with E-state index in [1.165, 1.54) is 41.6 Å². The van der Waals surface area contributed by atoms with Gasteiger partial charge in [-0.15, -0.1) is 0 Å². The first-order valence-corrected chi connectivity index (χ1v) is 12.2. The summed E-state index contributed by atoms with van der Waals surface area (Å²) in [5.74, 6) is -2.88. The van der Waals surface area contributed by atoms with E-state index in [0.29, 0.717) is 26.2 Å². The zero-order valence-corrected chi connectivity index (χ0v) is 20.4. The number of sulfonamides is 1. The minimum atomic E-state index is -3.66. The lowest BCUT2D eigenvalue weighted by Gasteiger charge is -2.26. The van der Waals surface area contributed by atoms with Crippen LogP contribution in [-0.2, 0) is 14.8 Å². The van der Waals surface area contributed by atoms with Crippen molar-refractivity contribution in [1.29, 1.82) is 0 Å². The van der Waals surface area contributed by atoms with Gasteiger partial charge in [-0.2, -0.15) is 9.30 Å². The van der Waals surface area contributed by atoms with Gasteiger partial charge in [0.2, 0.25) is 10.0 Å². The number of benzene rings is 2. The maximum atomic E-state index is 14.6. The van der Waals surface area contributed by atoms with Crippen molar-refractivity contribution in [1.82, 2.24) is 20.3 Å². The highest BCUT2D eigenvalue weighted by molar-refractivity contribution is 7.89. The number of nitrogens with zero attached hydrogens (tertiary/aromatic N) is 2. The molecule has 1 aliphatic heterocycles. The summed E-state index contributed by atoms with van der Waals surface area (Å²) in [5.41, 5.74) is 0.281. The number of piperazine rings is 1. The van der Waals surface area contributed by atoms with Gasteiger partial charge in [0.15, 0.2) is 23.3 Å². The molecule has 0 unspecified atom stereocenters. The summed E-state index contributed by atoms with van der Waals surface area (Å²) < 4.78 is 61.5. The van der Waals surface area contributed by atoms with Gasteiger partial charge in [0.1, 0.15) is 5.75 Å². The van der Waals surface area contributed by atoms with E-state index in [1.54, 1.807) is 14.1 Å². The van der Waals surface area contributed by atoms with Crippen LogP contribution in [0.15, 0.2) is 51.9 Å². The van der Waals surface area contributed by atoms with Crippen molar-refractivity contribution in [3.8, 4) is 11.5 Å². The number of rotatable bonds is 6. The average Bonchev–Trinajstić information content (AvgIpc) is 2.85. The van der Waals surface area contributed by atoms with Gasteiger partial charge in [-0.25, -0.2) is 17.2 Å². The first-order chi connectivity index (χ1) is 16.6. The molecule has 2 aromatic carbocycles. The Morgan fingerprint density at radius 2 is 1.66 bits per heavy atom. The summed E-state index contributed by atoms with van der Waals surface area (Å²) in [6, 6.07) is 7.39. The van der Waals surface area contributed by atoms with Crippen LogP contribution in [0.1, 0.15) is 12.5 Å². The standard InChI is InChI=1S/C23H27F2N5O4S/c1-15(22(31)29-23(26-2)27-3)12-16-13-19(24)21(20(25)14-16)34-17-4-6-18(7-5-17)35(32,33)30-10-8-28-9-11-30/h4-7,12-14,28H,8-11H2,1-3H3,(H2,26,27,29,31)/b15-12+. The van der Waals surface area contributed by atoms with Crippen LogP contribution in [0, 0.1) is 11.6 Å². The van der Waals surface area contributed by atoms with Crippen LogP contribution in [-0.4, -0.2) is 64.9 Å². The van der Waals surface area contributed by atoms with Crippen molar-refractivity contribution >= 4 is 28.0 Å². The van der Waals surface area contributed by atoms with Crippen LogP contribution in [0.3, 0.4) is 0 Å². The Morgan fingerprint density at radius 3 is 2.20 bits per heavy atom. The molecule has 0 aromatic heterocycles. The fraction of sp³-hybridized carbons (Fsp3) is 0.304. The van der Waals surface area contributed by atoms with Crippen molar-refractivity contribution in [2.45, 2.75) is 11.8 Å². The lowest BCUT2D eigenvalue weighted by atomic mass is 10.1. The molecular formula is C23H27F2N5O4S. The summed E-state index contributed by atoms with van der Waals surface area (Å²) in [6.07, 6.45) is 1.31. The van der Waals surface area contributed by atoms with E-state index >= 15 is 0 Å². The number of carbonyl (C=O) groups is 1. The van der Waals surface area contributed by atoms with Gasteiger partial charge in [-0.3, -0.25) is 4.79 Å². The molecule has 0 spiro atoms. The Labute approximate surface area is 202 Å². The molecule has 0 bridgehead atoms. The van der Waals surface area contributed by atoms with Crippen LogP contribution in [0.5, 0.6) is 11.5 Å². The van der Waals surface area contributed by atoms with E-state index in [1.807, 2.05) is 0 Å². The highest BCUT2D eigenvalue weighted by Crippen LogP contribution is 2.30. The lowest BCUT2D eigenvalue weighted by molar-refractivity contribution is -0.114. The molecule has 35 heavy (non-hydrogen) atoms. The minimum absolute atomic E-state index is 0.0654. The molecule has 3 N–H and O–H groups in total. The minimum Gasteiger partial charge on any atom is -0.451 e. The molecule has 1 saturated heterocycles. The van der Waals surface area contributed by atoms with Gasteiger partial charge >= 0.3 is 0 Å². The zero-order valence-electron chi connectivity index (χ0n) is 19.6. The summed E-state index contributed by atoms with van der Waals surface area (Å²) >= 11 is 0. The molecule has 2 aromatic rings. The number of guanidine groups is 1. The number of nitrogens with one attached hydrogen (secondary N) is 3. The Bertz CT molecular complexity index is 1210. The van der Waals surface area contributed by atoms with Crippen LogP contribution in [0.4, 0.5) is 8.78 Å². The van der Waals surface area contributed by atoms with Crippen LogP contribution < -0.4 is 20.7 Å². The maximum absolute atomic E-state index is 14.6. The lowest BCUT2D eigenvalue weighted by Crippen LogP contribution is -2.46. The second-order valence-corrected chi connectivity index (χ2v) is 9.57. The molecule has 1 fully saturated rings. The van der Waals surface area contributed by atoms with E-state index in [2.05, 4.69) is 20.9 Å². The fourth-order valence-electron chi connectivity index (χ4n) is 3.33. The maximum Gasteiger partial charge on any atom is 0.275 e. The van der Waals surface area contributed by atoms with E-state index in [9.17, 15) is 22.0 Å². The third kappa shape index (κ3) is 6.41. The van der Waals surface area contributed by atoms with Gasteiger partial charge in [-0.05, 0) is 55.0 Å². The van der Waals surface area contributed by atoms with Crippen LogP contribution in [0.2, 0.25) is 0 Å². The first kappa shape index (κ1) is 26.3. The van der Waals surface area contributed by atoms with E-state index < -0.39 is 33.3 Å². The van der Waals surface area contributed by atoms with E-state index in [0.717, 1.165) is 12.1 Å². The molecule has 0 atom stereocenters. The average molecular weight is 508 g/mol. The quantitative estimate of drug-likeness (QED) is 0.312. The number of hydrogen-bond acceptors (Lipinski definition) is 5. The van der Waals surface area contributed by atoms with E-state index in [-0.39, 0.29) is 27.7 Å². The van der Waals surface area contributed by atoms with Crippen LogP contribution in [0.25, 0.3) is 6.08 Å². The normalized spacial score (nSPS) is 14.8. The van der Waals surface area contributed by atoms with Crippen molar-refractivity contribution in [3.05, 3.63) is 59.2 Å². The smallest absolute Gasteiger partial charge is 0.275 e. The highest BCUT2D eigenvalue weighted by Gasteiger charge is 2.25. The topological polar surface area (TPSA) is 112 Å². The van der Waals surface area contributed by atoms with Gasteiger partial charge in [0.05, 0.1) is 4.90 Å². The molecule has 0 aliphatic carbocycles. The summed E-state index contributed by atoms with van der Waals surface area (Å²) in [7, 11) is -0.490. The molecule has 0 radical (unpaired) electrons. The van der Waals surface area contributed by atoms with Gasteiger partial charge < -0.3 is 20.7 Å². The predicted molar refractivity (Wildman–Crippen MR) is 129 cm³/mol. The Hall–Kier alpha value is -3.35. The summed E-state index contributed by atoms with van der Waals surface area (Å²) in [4.78, 5) is 16.0. The van der Waals surface area contributed by atoms with Gasteiger partial charge in [-0.1, -0.05) is 0 Å². The molecule has 188 valence electrons. The third-order valence-electron chi connectivity index (χ3n) is 5.19. The van der Waals surface area contributed by atoms with Crippen molar-refractivity contribution in [2.24, 2.45) is 4.99 Å². The monoisotopic (exact) mass is 507 g/mol. The highest BCUT2D eigenvalue weighted by atomic mass is 32.2. The molecule has 3 rings (SSSR count). The summed E-state index contributed by atoms with van der Waals surface area (Å²) in [5, 5.41) is 8.48. The second-order valence-electron chi connectivity index (χ2n) is 7.63. The molecule has 0 saturated carbocycles. The Kier molecular flexibility index (Phi) is 8.54.